The Morgan fingerprint density at radius 2 is 2.06 bits per heavy atom. The van der Waals surface area contributed by atoms with Gasteiger partial charge in [-0.2, -0.15) is 0 Å². The van der Waals surface area contributed by atoms with Gasteiger partial charge in [0.1, 0.15) is 0 Å². The summed E-state index contributed by atoms with van der Waals surface area (Å²) in [5.41, 5.74) is 1.08. The Labute approximate surface area is 103 Å². The maximum Gasteiger partial charge on any atom is 0.221 e. The van der Waals surface area contributed by atoms with E-state index in [4.69, 9.17) is 0 Å². The Morgan fingerprint density at radius 1 is 1.29 bits per heavy atom. The number of nitrogens with zero attached hydrogens (tertiary/aromatic N) is 1. The summed E-state index contributed by atoms with van der Waals surface area (Å²) in [4.78, 5) is 15.4. The van der Waals surface area contributed by atoms with Crippen LogP contribution in [0.5, 0.6) is 0 Å². The van der Waals surface area contributed by atoms with Crippen LogP contribution >= 0.6 is 0 Å². The molecule has 0 aliphatic heterocycles. The molecule has 0 aliphatic rings. The van der Waals surface area contributed by atoms with Gasteiger partial charge < -0.3 is 10.6 Å². The van der Waals surface area contributed by atoms with Gasteiger partial charge in [0.2, 0.25) is 5.91 Å². The first-order valence-electron chi connectivity index (χ1n) is 6.19. The first-order valence-corrected chi connectivity index (χ1v) is 6.19. The minimum absolute atomic E-state index is 0.0887. The SMILES string of the molecule is CCCCNCCC(=O)NCc1ccncc1. The highest BCUT2D eigenvalue weighted by molar-refractivity contribution is 5.76. The molecule has 0 radical (unpaired) electrons. The first-order chi connectivity index (χ1) is 8.33. The third-order valence-corrected chi connectivity index (χ3v) is 2.47. The molecule has 0 bridgehead atoms. The van der Waals surface area contributed by atoms with Crippen molar-refractivity contribution in [3.05, 3.63) is 30.1 Å². The van der Waals surface area contributed by atoms with E-state index in [2.05, 4.69) is 22.5 Å². The van der Waals surface area contributed by atoms with Gasteiger partial charge in [-0.3, -0.25) is 9.78 Å². The first kappa shape index (κ1) is 13.6. The third kappa shape index (κ3) is 6.68. The van der Waals surface area contributed by atoms with Crippen molar-refractivity contribution in [3.8, 4) is 0 Å². The van der Waals surface area contributed by atoms with Gasteiger partial charge >= 0.3 is 0 Å². The topological polar surface area (TPSA) is 54.0 Å². The number of hydrogen-bond acceptors (Lipinski definition) is 3. The predicted octanol–water partition coefficient (Wildman–Crippen LogP) is 1.48. The van der Waals surface area contributed by atoms with Crippen molar-refractivity contribution in [3.63, 3.8) is 0 Å². The van der Waals surface area contributed by atoms with E-state index >= 15 is 0 Å². The summed E-state index contributed by atoms with van der Waals surface area (Å²) in [6.45, 7) is 4.48. The second kappa shape index (κ2) is 8.70. The lowest BCUT2D eigenvalue weighted by molar-refractivity contribution is -0.121. The summed E-state index contributed by atoms with van der Waals surface area (Å²) < 4.78 is 0. The fraction of sp³-hybridized carbons (Fsp3) is 0.538. The average molecular weight is 235 g/mol. The number of carbonyl (C=O) groups is 1. The van der Waals surface area contributed by atoms with E-state index in [9.17, 15) is 4.79 Å². The number of amides is 1. The Balaban J connectivity index is 2.05. The second-order valence-corrected chi connectivity index (χ2v) is 3.99. The second-order valence-electron chi connectivity index (χ2n) is 3.99. The number of nitrogens with one attached hydrogen (secondary N) is 2. The van der Waals surface area contributed by atoms with Crippen LogP contribution in [-0.2, 0) is 11.3 Å². The summed E-state index contributed by atoms with van der Waals surface area (Å²) in [7, 11) is 0. The van der Waals surface area contributed by atoms with Gasteiger partial charge in [-0.05, 0) is 30.7 Å². The van der Waals surface area contributed by atoms with Crippen LogP contribution in [-0.4, -0.2) is 24.0 Å². The van der Waals surface area contributed by atoms with Gasteiger partial charge in [0.05, 0.1) is 0 Å². The van der Waals surface area contributed by atoms with Crippen molar-refractivity contribution in [2.45, 2.75) is 32.7 Å². The number of hydrogen-bond donors (Lipinski definition) is 2. The lowest BCUT2D eigenvalue weighted by Gasteiger charge is -2.06. The van der Waals surface area contributed by atoms with Crippen LogP contribution in [0.15, 0.2) is 24.5 Å². The molecule has 1 aromatic rings. The molecule has 0 aliphatic carbocycles. The van der Waals surface area contributed by atoms with Crippen molar-refractivity contribution >= 4 is 5.91 Å². The number of carbonyl (C=O) groups excluding carboxylic acids is 1. The summed E-state index contributed by atoms with van der Waals surface area (Å²) in [6.07, 6.45) is 6.34. The smallest absolute Gasteiger partial charge is 0.221 e. The van der Waals surface area contributed by atoms with Gasteiger partial charge in [0, 0.05) is 31.9 Å². The molecule has 94 valence electrons. The van der Waals surface area contributed by atoms with Gasteiger partial charge in [0.25, 0.3) is 0 Å². The lowest BCUT2D eigenvalue weighted by atomic mass is 10.2. The molecule has 0 spiro atoms. The summed E-state index contributed by atoms with van der Waals surface area (Å²) in [6, 6.07) is 3.81. The summed E-state index contributed by atoms with van der Waals surface area (Å²) >= 11 is 0. The van der Waals surface area contributed by atoms with Crippen molar-refractivity contribution in [2.75, 3.05) is 13.1 Å². The molecule has 1 aromatic heterocycles. The van der Waals surface area contributed by atoms with Crippen LogP contribution < -0.4 is 10.6 Å². The molecule has 0 unspecified atom stereocenters. The van der Waals surface area contributed by atoms with E-state index in [1.54, 1.807) is 12.4 Å². The maximum atomic E-state index is 11.5. The minimum atomic E-state index is 0.0887. The molecule has 1 heterocycles. The van der Waals surface area contributed by atoms with Gasteiger partial charge in [0.15, 0.2) is 0 Å². The number of pyridine rings is 1. The maximum absolute atomic E-state index is 11.5. The largest absolute Gasteiger partial charge is 0.352 e. The van der Waals surface area contributed by atoms with Crippen molar-refractivity contribution < 1.29 is 4.79 Å². The summed E-state index contributed by atoms with van der Waals surface area (Å²) in [5, 5.41) is 6.13. The van der Waals surface area contributed by atoms with E-state index < -0.39 is 0 Å². The zero-order valence-corrected chi connectivity index (χ0v) is 10.4. The van der Waals surface area contributed by atoms with E-state index in [1.165, 1.54) is 12.8 Å². The minimum Gasteiger partial charge on any atom is -0.352 e. The molecule has 4 heteroatoms. The molecule has 1 amide bonds. The molecule has 0 aromatic carbocycles. The zero-order valence-electron chi connectivity index (χ0n) is 10.4. The highest BCUT2D eigenvalue weighted by atomic mass is 16.1. The third-order valence-electron chi connectivity index (χ3n) is 2.47. The molecule has 4 nitrogen and oxygen atoms in total. The van der Waals surface area contributed by atoms with Crippen LogP contribution in [0, 0.1) is 0 Å². The van der Waals surface area contributed by atoms with Gasteiger partial charge in [-0.1, -0.05) is 13.3 Å². The van der Waals surface area contributed by atoms with Crippen LogP contribution in [0.2, 0.25) is 0 Å². The molecular formula is C13H21N3O. The van der Waals surface area contributed by atoms with E-state index in [0.29, 0.717) is 13.0 Å². The highest BCUT2D eigenvalue weighted by Gasteiger charge is 2.00. The number of rotatable bonds is 8. The predicted molar refractivity (Wildman–Crippen MR) is 68.5 cm³/mol. The standard InChI is InChI=1S/C13H21N3O/c1-2-3-7-14-10-6-13(17)16-11-12-4-8-15-9-5-12/h4-5,8-9,14H,2-3,6-7,10-11H2,1H3,(H,16,17). The molecular weight excluding hydrogens is 214 g/mol. The quantitative estimate of drug-likeness (QED) is 0.671. The Bertz CT molecular complexity index is 314. The Morgan fingerprint density at radius 3 is 2.76 bits per heavy atom. The van der Waals surface area contributed by atoms with Crippen molar-refractivity contribution in [1.29, 1.82) is 0 Å². The normalized spacial score (nSPS) is 10.2. The zero-order chi connectivity index (χ0) is 12.3. The van der Waals surface area contributed by atoms with E-state index in [0.717, 1.165) is 18.7 Å². The Hall–Kier alpha value is -1.42. The Kier molecular flexibility index (Phi) is 6.98. The summed E-state index contributed by atoms with van der Waals surface area (Å²) in [5.74, 6) is 0.0887. The van der Waals surface area contributed by atoms with Gasteiger partial charge in [-0.15, -0.1) is 0 Å². The van der Waals surface area contributed by atoms with Crippen molar-refractivity contribution in [1.82, 2.24) is 15.6 Å². The van der Waals surface area contributed by atoms with E-state index in [1.807, 2.05) is 12.1 Å². The molecule has 2 N–H and O–H groups in total. The van der Waals surface area contributed by atoms with Crippen molar-refractivity contribution in [2.24, 2.45) is 0 Å². The molecule has 0 saturated carbocycles. The lowest BCUT2D eigenvalue weighted by Crippen LogP contribution is -2.27. The molecule has 1 rings (SSSR count). The monoisotopic (exact) mass is 235 g/mol. The average Bonchev–Trinajstić information content (AvgIpc) is 2.37. The van der Waals surface area contributed by atoms with Crippen LogP contribution in [0.1, 0.15) is 31.7 Å². The van der Waals surface area contributed by atoms with Crippen LogP contribution in [0.25, 0.3) is 0 Å². The van der Waals surface area contributed by atoms with Crippen LogP contribution in [0.4, 0.5) is 0 Å². The fourth-order valence-electron chi connectivity index (χ4n) is 1.42. The number of aromatic nitrogens is 1. The molecule has 0 saturated heterocycles. The fourth-order valence-corrected chi connectivity index (χ4v) is 1.42. The molecule has 17 heavy (non-hydrogen) atoms. The van der Waals surface area contributed by atoms with Gasteiger partial charge in [-0.25, -0.2) is 0 Å². The van der Waals surface area contributed by atoms with Crippen LogP contribution in [0.3, 0.4) is 0 Å². The molecule has 0 atom stereocenters. The molecule has 0 fully saturated rings. The highest BCUT2D eigenvalue weighted by Crippen LogP contribution is 1.95. The van der Waals surface area contributed by atoms with E-state index in [-0.39, 0.29) is 5.91 Å². The number of unbranched alkanes of at least 4 members (excludes halogenated alkanes) is 1.